The highest BCUT2D eigenvalue weighted by Crippen LogP contribution is 2.34. The average Bonchev–Trinajstić information content (AvgIpc) is 2.95. The van der Waals surface area contributed by atoms with Crippen molar-refractivity contribution in [3.8, 4) is 11.5 Å². The molecule has 1 aromatic rings. The van der Waals surface area contributed by atoms with E-state index >= 15 is 0 Å². The second-order valence-electron chi connectivity index (χ2n) is 4.09. The molecule has 0 bridgehead atoms. The molecule has 104 valence electrons. The standard InChI is InChI=1S/C13H18N2O4/c1-14-13(16)15-6-7-19-12(15)9-4-5-10(17-2)11(8-9)18-3/h4-5,8,12H,6-7H2,1-3H3,(H,14,16). The molecule has 0 spiro atoms. The normalized spacial score (nSPS) is 18.3. The highest BCUT2D eigenvalue weighted by molar-refractivity contribution is 5.74. The van der Waals surface area contributed by atoms with E-state index in [1.807, 2.05) is 12.1 Å². The highest BCUT2D eigenvalue weighted by Gasteiger charge is 2.30. The Bertz CT molecular complexity index is 464. The first kappa shape index (κ1) is 13.5. The lowest BCUT2D eigenvalue weighted by atomic mass is 10.1. The first-order chi connectivity index (χ1) is 9.21. The minimum Gasteiger partial charge on any atom is -0.493 e. The summed E-state index contributed by atoms with van der Waals surface area (Å²) in [6, 6.07) is 5.34. The number of urea groups is 1. The molecule has 1 N–H and O–H groups in total. The van der Waals surface area contributed by atoms with Crippen LogP contribution in [0.25, 0.3) is 0 Å². The van der Waals surface area contributed by atoms with Crippen LogP contribution in [0, 0.1) is 0 Å². The monoisotopic (exact) mass is 266 g/mol. The SMILES string of the molecule is CNC(=O)N1CCOC1c1ccc(OC)c(OC)c1. The molecule has 19 heavy (non-hydrogen) atoms. The minimum absolute atomic E-state index is 0.155. The highest BCUT2D eigenvalue weighted by atomic mass is 16.5. The zero-order valence-corrected chi connectivity index (χ0v) is 11.3. The summed E-state index contributed by atoms with van der Waals surface area (Å²) in [6.45, 7) is 1.09. The zero-order chi connectivity index (χ0) is 13.8. The molecule has 1 unspecified atom stereocenters. The summed E-state index contributed by atoms with van der Waals surface area (Å²) in [5.74, 6) is 1.27. The second-order valence-corrected chi connectivity index (χ2v) is 4.09. The molecule has 1 aromatic carbocycles. The van der Waals surface area contributed by atoms with Gasteiger partial charge in [0.15, 0.2) is 17.7 Å². The molecule has 1 aliphatic heterocycles. The summed E-state index contributed by atoms with van der Waals surface area (Å²) >= 11 is 0. The van der Waals surface area contributed by atoms with Gasteiger partial charge in [0.25, 0.3) is 0 Å². The maximum atomic E-state index is 11.8. The van der Waals surface area contributed by atoms with Gasteiger partial charge in [0, 0.05) is 19.2 Å². The van der Waals surface area contributed by atoms with Gasteiger partial charge in [-0.05, 0) is 12.1 Å². The number of hydrogen-bond donors (Lipinski definition) is 1. The Kier molecular flexibility index (Phi) is 4.11. The van der Waals surface area contributed by atoms with Crippen LogP contribution in [-0.4, -0.2) is 45.3 Å². The van der Waals surface area contributed by atoms with Crippen LogP contribution in [0.3, 0.4) is 0 Å². The second kappa shape index (κ2) is 5.79. The molecule has 2 rings (SSSR count). The van der Waals surface area contributed by atoms with Crippen LogP contribution >= 0.6 is 0 Å². The molecule has 0 aliphatic carbocycles. The lowest BCUT2D eigenvalue weighted by Crippen LogP contribution is -2.37. The van der Waals surface area contributed by atoms with Crippen molar-refractivity contribution in [2.24, 2.45) is 0 Å². The quantitative estimate of drug-likeness (QED) is 0.897. The Balaban J connectivity index is 2.28. The lowest BCUT2D eigenvalue weighted by Gasteiger charge is -2.23. The van der Waals surface area contributed by atoms with Crippen molar-refractivity contribution < 1.29 is 19.0 Å². The van der Waals surface area contributed by atoms with Crippen LogP contribution in [0.2, 0.25) is 0 Å². The third-order valence-corrected chi connectivity index (χ3v) is 3.06. The Morgan fingerprint density at radius 3 is 2.74 bits per heavy atom. The third-order valence-electron chi connectivity index (χ3n) is 3.06. The molecule has 0 aromatic heterocycles. The zero-order valence-electron chi connectivity index (χ0n) is 11.3. The van der Waals surface area contributed by atoms with E-state index in [9.17, 15) is 4.79 Å². The fourth-order valence-corrected chi connectivity index (χ4v) is 2.10. The minimum atomic E-state index is -0.389. The van der Waals surface area contributed by atoms with Gasteiger partial charge in [-0.25, -0.2) is 4.79 Å². The van der Waals surface area contributed by atoms with Gasteiger partial charge < -0.3 is 19.5 Å². The summed E-state index contributed by atoms with van der Waals surface area (Å²) in [5.41, 5.74) is 0.860. The summed E-state index contributed by atoms with van der Waals surface area (Å²) in [6.07, 6.45) is -0.389. The maximum Gasteiger partial charge on any atom is 0.319 e. The van der Waals surface area contributed by atoms with Gasteiger partial charge in [-0.3, -0.25) is 4.90 Å². The van der Waals surface area contributed by atoms with Gasteiger partial charge in [0.05, 0.1) is 20.8 Å². The number of rotatable bonds is 3. The van der Waals surface area contributed by atoms with E-state index < -0.39 is 0 Å². The fourth-order valence-electron chi connectivity index (χ4n) is 2.10. The van der Waals surface area contributed by atoms with Crippen LogP contribution < -0.4 is 14.8 Å². The number of carbonyl (C=O) groups excluding carboxylic acids is 1. The summed E-state index contributed by atoms with van der Waals surface area (Å²) in [4.78, 5) is 13.4. The maximum absolute atomic E-state index is 11.8. The van der Waals surface area contributed by atoms with E-state index in [1.165, 1.54) is 0 Å². The third kappa shape index (κ3) is 2.58. The van der Waals surface area contributed by atoms with Crippen molar-refractivity contribution in [2.75, 3.05) is 34.4 Å². The molecule has 1 aliphatic rings. The average molecular weight is 266 g/mol. The van der Waals surface area contributed by atoms with Crippen LogP contribution in [0.15, 0.2) is 18.2 Å². The van der Waals surface area contributed by atoms with Gasteiger partial charge in [-0.2, -0.15) is 0 Å². The summed E-state index contributed by atoms with van der Waals surface area (Å²) < 4.78 is 16.1. The molecule has 6 heteroatoms. The fraction of sp³-hybridized carbons (Fsp3) is 0.462. The Morgan fingerprint density at radius 1 is 1.37 bits per heavy atom. The summed E-state index contributed by atoms with van der Waals surface area (Å²) in [5, 5.41) is 2.61. The van der Waals surface area contributed by atoms with Crippen molar-refractivity contribution in [3.63, 3.8) is 0 Å². The van der Waals surface area contributed by atoms with Gasteiger partial charge >= 0.3 is 6.03 Å². The van der Waals surface area contributed by atoms with Crippen molar-refractivity contribution in [1.29, 1.82) is 0 Å². The van der Waals surface area contributed by atoms with E-state index in [0.717, 1.165) is 5.56 Å². The van der Waals surface area contributed by atoms with Crippen LogP contribution in [-0.2, 0) is 4.74 Å². The molecule has 6 nitrogen and oxygen atoms in total. The van der Waals surface area contributed by atoms with Crippen LogP contribution in [0.5, 0.6) is 11.5 Å². The number of nitrogens with zero attached hydrogens (tertiary/aromatic N) is 1. The van der Waals surface area contributed by atoms with Gasteiger partial charge in [-0.15, -0.1) is 0 Å². The van der Waals surface area contributed by atoms with Crippen LogP contribution in [0.4, 0.5) is 4.79 Å². The first-order valence-electron chi connectivity index (χ1n) is 6.03. The Morgan fingerprint density at radius 2 is 2.11 bits per heavy atom. The molecule has 0 radical (unpaired) electrons. The molecule has 1 atom stereocenters. The Hall–Kier alpha value is -1.95. The smallest absolute Gasteiger partial charge is 0.319 e. The molecule has 1 fully saturated rings. The molecule has 0 saturated carbocycles. The topological polar surface area (TPSA) is 60.0 Å². The van der Waals surface area contributed by atoms with Gasteiger partial charge in [0.2, 0.25) is 0 Å². The van der Waals surface area contributed by atoms with E-state index in [-0.39, 0.29) is 12.3 Å². The number of benzene rings is 1. The number of hydrogen-bond acceptors (Lipinski definition) is 4. The van der Waals surface area contributed by atoms with Gasteiger partial charge in [0.1, 0.15) is 0 Å². The predicted molar refractivity (Wildman–Crippen MR) is 69.4 cm³/mol. The largest absolute Gasteiger partial charge is 0.493 e. The number of nitrogens with one attached hydrogen (secondary N) is 1. The molecule has 2 amide bonds. The van der Waals surface area contributed by atoms with Crippen molar-refractivity contribution in [2.45, 2.75) is 6.23 Å². The van der Waals surface area contributed by atoms with E-state index in [4.69, 9.17) is 14.2 Å². The predicted octanol–water partition coefficient (Wildman–Crippen LogP) is 1.37. The van der Waals surface area contributed by atoms with Crippen molar-refractivity contribution in [3.05, 3.63) is 23.8 Å². The molecule has 1 saturated heterocycles. The number of methoxy groups -OCH3 is 2. The molecule has 1 heterocycles. The van der Waals surface area contributed by atoms with Crippen molar-refractivity contribution >= 4 is 6.03 Å². The van der Waals surface area contributed by atoms with Crippen LogP contribution in [0.1, 0.15) is 11.8 Å². The summed E-state index contributed by atoms with van der Waals surface area (Å²) in [7, 11) is 4.76. The first-order valence-corrected chi connectivity index (χ1v) is 6.03. The number of ether oxygens (including phenoxy) is 3. The van der Waals surface area contributed by atoms with Gasteiger partial charge in [-0.1, -0.05) is 6.07 Å². The Labute approximate surface area is 112 Å². The van der Waals surface area contributed by atoms with E-state index in [0.29, 0.717) is 24.7 Å². The lowest BCUT2D eigenvalue weighted by molar-refractivity contribution is 0.0492. The van der Waals surface area contributed by atoms with E-state index in [1.54, 1.807) is 32.2 Å². The molecular formula is C13H18N2O4. The molecular weight excluding hydrogens is 248 g/mol. The van der Waals surface area contributed by atoms with E-state index in [2.05, 4.69) is 5.32 Å². The van der Waals surface area contributed by atoms with Crippen molar-refractivity contribution in [1.82, 2.24) is 10.2 Å². The number of amides is 2. The number of carbonyl (C=O) groups is 1.